The van der Waals surface area contributed by atoms with Crippen molar-refractivity contribution in [1.29, 1.82) is 0 Å². The monoisotopic (exact) mass is 647 g/mol. The van der Waals surface area contributed by atoms with Crippen molar-refractivity contribution in [3.63, 3.8) is 0 Å². The summed E-state index contributed by atoms with van der Waals surface area (Å²) in [6, 6.07) is 30.0. The molecule has 4 rings (SSSR count). The van der Waals surface area contributed by atoms with Gasteiger partial charge in [-0.2, -0.15) is 0 Å². The first-order chi connectivity index (χ1) is 21.6. The van der Waals surface area contributed by atoms with Gasteiger partial charge in [0.2, 0.25) is 11.8 Å². The summed E-state index contributed by atoms with van der Waals surface area (Å²) in [5.74, 6) is -0.306. The minimum absolute atomic E-state index is 0.0115. The highest BCUT2D eigenvalue weighted by atomic mass is 35.5. The van der Waals surface area contributed by atoms with Crippen molar-refractivity contribution in [3.05, 3.63) is 125 Å². The second kappa shape index (κ2) is 15.6. The Morgan fingerprint density at radius 1 is 0.867 bits per heavy atom. The van der Waals surface area contributed by atoms with E-state index in [9.17, 15) is 18.0 Å². The van der Waals surface area contributed by atoms with Gasteiger partial charge < -0.3 is 15.0 Å². The fourth-order valence-corrected chi connectivity index (χ4v) is 6.42. The molecule has 4 aromatic carbocycles. The molecule has 0 aromatic heterocycles. The quantitative estimate of drug-likeness (QED) is 0.182. The van der Waals surface area contributed by atoms with Gasteiger partial charge >= 0.3 is 0 Å². The fourth-order valence-electron chi connectivity index (χ4n) is 4.80. The SMILES string of the molecule is COc1cccc(N(CC(=O)N(Cc2ccccc2Cl)[C@H](Cc2ccccc2)C(=O)NCC(C)C)S(=O)(=O)c2ccccc2)c1. The number of hydrogen-bond acceptors (Lipinski definition) is 5. The largest absolute Gasteiger partial charge is 0.497 e. The average Bonchev–Trinajstić information content (AvgIpc) is 3.05. The van der Waals surface area contributed by atoms with Crippen molar-refractivity contribution in [2.75, 3.05) is 24.5 Å². The van der Waals surface area contributed by atoms with Crippen LogP contribution >= 0.6 is 11.6 Å². The maximum absolute atomic E-state index is 14.5. The van der Waals surface area contributed by atoms with Crippen LogP contribution < -0.4 is 14.4 Å². The highest BCUT2D eigenvalue weighted by molar-refractivity contribution is 7.92. The second-order valence-corrected chi connectivity index (χ2v) is 13.3. The summed E-state index contributed by atoms with van der Waals surface area (Å²) in [7, 11) is -2.73. The number of methoxy groups -OCH3 is 1. The van der Waals surface area contributed by atoms with Crippen molar-refractivity contribution in [3.8, 4) is 5.75 Å². The van der Waals surface area contributed by atoms with E-state index in [4.69, 9.17) is 16.3 Å². The Labute approximate surface area is 270 Å². The van der Waals surface area contributed by atoms with Gasteiger partial charge in [-0.1, -0.05) is 98.2 Å². The molecule has 2 amide bonds. The molecule has 0 saturated carbocycles. The van der Waals surface area contributed by atoms with Crippen LogP contribution in [0, 0.1) is 5.92 Å². The first kappa shape index (κ1) is 33.6. The number of nitrogens with one attached hydrogen (secondary N) is 1. The van der Waals surface area contributed by atoms with E-state index in [-0.39, 0.29) is 35.4 Å². The molecule has 10 heteroatoms. The number of rotatable bonds is 14. The Balaban J connectivity index is 1.81. The van der Waals surface area contributed by atoms with Gasteiger partial charge in [0.05, 0.1) is 17.7 Å². The van der Waals surface area contributed by atoms with E-state index in [1.807, 2.05) is 44.2 Å². The van der Waals surface area contributed by atoms with Gasteiger partial charge in [-0.3, -0.25) is 13.9 Å². The van der Waals surface area contributed by atoms with Gasteiger partial charge in [0, 0.05) is 30.6 Å². The first-order valence-corrected chi connectivity index (χ1v) is 16.5. The van der Waals surface area contributed by atoms with Crippen LogP contribution in [0.1, 0.15) is 25.0 Å². The molecule has 236 valence electrons. The lowest BCUT2D eigenvalue weighted by Crippen LogP contribution is -2.53. The molecular formula is C35H38ClN3O5S. The van der Waals surface area contributed by atoms with Crippen molar-refractivity contribution in [2.24, 2.45) is 5.92 Å². The minimum Gasteiger partial charge on any atom is -0.497 e. The van der Waals surface area contributed by atoms with E-state index in [2.05, 4.69) is 5.32 Å². The molecule has 1 N–H and O–H groups in total. The highest BCUT2D eigenvalue weighted by Gasteiger charge is 2.35. The van der Waals surface area contributed by atoms with E-state index >= 15 is 0 Å². The second-order valence-electron chi connectivity index (χ2n) is 11.0. The fraction of sp³-hybridized carbons (Fsp3) is 0.257. The molecule has 0 bridgehead atoms. The molecule has 0 aliphatic heterocycles. The molecule has 8 nitrogen and oxygen atoms in total. The van der Waals surface area contributed by atoms with Gasteiger partial charge in [-0.25, -0.2) is 8.42 Å². The lowest BCUT2D eigenvalue weighted by atomic mass is 10.0. The molecule has 0 saturated heterocycles. The molecule has 1 atom stereocenters. The molecule has 0 spiro atoms. The van der Waals surface area contributed by atoms with Crippen LogP contribution in [0.4, 0.5) is 5.69 Å². The van der Waals surface area contributed by atoms with Crippen LogP contribution in [0.2, 0.25) is 5.02 Å². The maximum atomic E-state index is 14.5. The Kier molecular flexibility index (Phi) is 11.6. The Bertz CT molecular complexity index is 1680. The third-order valence-electron chi connectivity index (χ3n) is 7.21. The zero-order chi connectivity index (χ0) is 32.4. The molecule has 0 fully saturated rings. The summed E-state index contributed by atoms with van der Waals surface area (Å²) >= 11 is 6.55. The molecule has 0 aliphatic rings. The first-order valence-electron chi connectivity index (χ1n) is 14.7. The number of carbonyl (C=O) groups excluding carboxylic acids is 2. The third-order valence-corrected chi connectivity index (χ3v) is 9.36. The molecule has 0 radical (unpaired) electrons. The van der Waals surface area contributed by atoms with E-state index in [1.165, 1.54) is 24.1 Å². The Morgan fingerprint density at radius 3 is 2.16 bits per heavy atom. The Hall–Kier alpha value is -4.34. The average molecular weight is 648 g/mol. The van der Waals surface area contributed by atoms with Crippen molar-refractivity contribution >= 4 is 39.1 Å². The van der Waals surface area contributed by atoms with Gasteiger partial charge in [0.25, 0.3) is 10.0 Å². The molecule has 45 heavy (non-hydrogen) atoms. The molecule has 0 aliphatic carbocycles. The number of benzene rings is 4. The van der Waals surface area contributed by atoms with Crippen molar-refractivity contribution < 1.29 is 22.7 Å². The summed E-state index contributed by atoms with van der Waals surface area (Å²) in [6.45, 7) is 3.80. The van der Waals surface area contributed by atoms with E-state index in [0.29, 0.717) is 22.9 Å². The highest BCUT2D eigenvalue weighted by Crippen LogP contribution is 2.28. The zero-order valence-electron chi connectivity index (χ0n) is 25.6. The summed E-state index contributed by atoms with van der Waals surface area (Å²) in [6.07, 6.45) is 0.214. The van der Waals surface area contributed by atoms with Crippen LogP contribution in [0.3, 0.4) is 0 Å². The van der Waals surface area contributed by atoms with Gasteiger partial charge in [-0.05, 0) is 47.4 Å². The van der Waals surface area contributed by atoms with Gasteiger partial charge in [-0.15, -0.1) is 0 Å². The lowest BCUT2D eigenvalue weighted by molar-refractivity contribution is -0.140. The topological polar surface area (TPSA) is 96.0 Å². The number of nitrogens with zero attached hydrogens (tertiary/aromatic N) is 2. The summed E-state index contributed by atoms with van der Waals surface area (Å²) in [4.78, 5) is 29.8. The molecular weight excluding hydrogens is 610 g/mol. The van der Waals surface area contributed by atoms with Crippen LogP contribution in [0.5, 0.6) is 5.75 Å². The smallest absolute Gasteiger partial charge is 0.264 e. The summed E-state index contributed by atoms with van der Waals surface area (Å²) in [5.41, 5.74) is 1.72. The minimum atomic E-state index is -4.21. The normalized spacial score (nSPS) is 11.9. The van der Waals surface area contributed by atoms with Crippen LogP contribution in [-0.4, -0.2) is 51.4 Å². The van der Waals surface area contributed by atoms with Gasteiger partial charge in [0.15, 0.2) is 0 Å². The van der Waals surface area contributed by atoms with Gasteiger partial charge in [0.1, 0.15) is 18.3 Å². The molecule has 4 aromatic rings. The van der Waals surface area contributed by atoms with E-state index < -0.39 is 28.5 Å². The number of anilines is 1. The number of carbonyl (C=O) groups is 2. The van der Waals surface area contributed by atoms with Crippen LogP contribution in [-0.2, 0) is 32.6 Å². The number of ether oxygens (including phenoxy) is 1. The number of amides is 2. The lowest BCUT2D eigenvalue weighted by Gasteiger charge is -2.34. The van der Waals surface area contributed by atoms with E-state index in [0.717, 1.165) is 9.87 Å². The predicted octanol–water partition coefficient (Wildman–Crippen LogP) is 5.96. The summed E-state index contributed by atoms with van der Waals surface area (Å²) in [5, 5.41) is 3.41. The maximum Gasteiger partial charge on any atom is 0.264 e. The summed E-state index contributed by atoms with van der Waals surface area (Å²) < 4.78 is 34.6. The number of halogens is 1. The molecule has 0 heterocycles. The number of sulfonamides is 1. The van der Waals surface area contributed by atoms with Crippen LogP contribution in [0.25, 0.3) is 0 Å². The van der Waals surface area contributed by atoms with E-state index in [1.54, 1.807) is 66.7 Å². The van der Waals surface area contributed by atoms with Crippen molar-refractivity contribution in [2.45, 2.75) is 37.8 Å². The van der Waals surface area contributed by atoms with Crippen LogP contribution in [0.15, 0.2) is 114 Å². The Morgan fingerprint density at radius 2 is 1.51 bits per heavy atom. The third kappa shape index (κ3) is 8.86. The standard InChI is InChI=1S/C35H38ClN3O5S/c1-26(2)23-37-35(41)33(21-27-13-6-4-7-14-27)38(24-28-15-10-11-20-32(28)36)34(40)25-39(29-16-12-17-30(22-29)44-3)45(42,43)31-18-8-5-9-19-31/h4-20,22,26,33H,21,23-25H2,1-3H3,(H,37,41)/t33-/m1/s1. The predicted molar refractivity (Wildman–Crippen MR) is 178 cm³/mol. The number of hydrogen-bond donors (Lipinski definition) is 1. The zero-order valence-corrected chi connectivity index (χ0v) is 27.2. The molecule has 0 unspecified atom stereocenters. The van der Waals surface area contributed by atoms with Crippen molar-refractivity contribution in [1.82, 2.24) is 10.2 Å².